The normalized spacial score (nSPS) is 21.8. The summed E-state index contributed by atoms with van der Waals surface area (Å²) in [6, 6.07) is 0. The number of carboxylic acid groups (broad SMARTS) is 1. The van der Waals surface area contributed by atoms with Gasteiger partial charge in [-0.15, -0.1) is 0 Å². The largest absolute Gasteiger partial charge is 0.481 e. The molecule has 0 spiro atoms. The molecule has 0 aromatic heterocycles. The summed E-state index contributed by atoms with van der Waals surface area (Å²) in [5.41, 5.74) is 5.36. The fourth-order valence-electron chi connectivity index (χ4n) is 1.49. The number of hydrogen-bond donors (Lipinski definition) is 2. The fraction of sp³-hybridized carbons (Fsp3) is 0.875. The highest BCUT2D eigenvalue weighted by Gasteiger charge is 2.33. The number of carbonyl (C=O) groups is 1. The van der Waals surface area contributed by atoms with Crippen LogP contribution in [-0.4, -0.2) is 42.2 Å². The van der Waals surface area contributed by atoms with Crippen LogP contribution in [-0.2, 0) is 4.79 Å². The standard InChI is InChI=1S/C8H16N2O2/c1-6(8(11)12)7-4-10(5-7)3-2-9/h6-7H,2-5,9H2,1H3,(H,11,12). The first-order valence-corrected chi connectivity index (χ1v) is 4.30. The lowest BCUT2D eigenvalue weighted by Gasteiger charge is -2.41. The van der Waals surface area contributed by atoms with Crippen molar-refractivity contribution in [1.29, 1.82) is 0 Å². The first-order valence-electron chi connectivity index (χ1n) is 4.30. The van der Waals surface area contributed by atoms with Crippen LogP contribution in [0.4, 0.5) is 0 Å². The third-order valence-corrected chi connectivity index (χ3v) is 2.53. The predicted octanol–water partition coefficient (Wildman–Crippen LogP) is -0.402. The van der Waals surface area contributed by atoms with E-state index in [-0.39, 0.29) is 5.92 Å². The monoisotopic (exact) mass is 172 g/mol. The summed E-state index contributed by atoms with van der Waals surface area (Å²) in [4.78, 5) is 12.7. The average Bonchev–Trinajstić information content (AvgIpc) is 1.94. The van der Waals surface area contributed by atoms with Crippen molar-refractivity contribution in [3.63, 3.8) is 0 Å². The summed E-state index contributed by atoms with van der Waals surface area (Å²) >= 11 is 0. The SMILES string of the molecule is CC(C(=O)O)C1CN(CCN)C1. The van der Waals surface area contributed by atoms with Gasteiger partial charge in [0.05, 0.1) is 5.92 Å². The molecule has 1 saturated heterocycles. The second-order valence-electron chi connectivity index (χ2n) is 3.44. The van der Waals surface area contributed by atoms with Crippen molar-refractivity contribution in [3.8, 4) is 0 Å². The molecule has 0 aromatic carbocycles. The molecular formula is C8H16N2O2. The average molecular weight is 172 g/mol. The van der Waals surface area contributed by atoms with E-state index >= 15 is 0 Å². The summed E-state index contributed by atoms with van der Waals surface area (Å²) in [5, 5.41) is 8.69. The molecular weight excluding hydrogens is 156 g/mol. The first kappa shape index (κ1) is 9.48. The maximum atomic E-state index is 10.6. The summed E-state index contributed by atoms with van der Waals surface area (Å²) in [7, 11) is 0. The molecule has 3 N–H and O–H groups in total. The van der Waals surface area contributed by atoms with Gasteiger partial charge in [-0.1, -0.05) is 6.92 Å². The smallest absolute Gasteiger partial charge is 0.306 e. The van der Waals surface area contributed by atoms with Crippen LogP contribution >= 0.6 is 0 Å². The summed E-state index contributed by atoms with van der Waals surface area (Å²) < 4.78 is 0. The van der Waals surface area contributed by atoms with E-state index in [1.54, 1.807) is 6.92 Å². The molecule has 0 radical (unpaired) electrons. The highest BCUT2D eigenvalue weighted by Crippen LogP contribution is 2.23. The second-order valence-corrected chi connectivity index (χ2v) is 3.44. The van der Waals surface area contributed by atoms with Gasteiger partial charge in [-0.05, 0) is 5.92 Å². The maximum Gasteiger partial charge on any atom is 0.306 e. The third kappa shape index (κ3) is 1.95. The molecule has 0 saturated carbocycles. The Labute approximate surface area is 72.3 Å². The van der Waals surface area contributed by atoms with E-state index in [1.807, 2.05) is 0 Å². The third-order valence-electron chi connectivity index (χ3n) is 2.53. The molecule has 70 valence electrons. The van der Waals surface area contributed by atoms with Gasteiger partial charge < -0.3 is 15.7 Å². The molecule has 0 aromatic rings. The minimum Gasteiger partial charge on any atom is -0.481 e. The van der Waals surface area contributed by atoms with Gasteiger partial charge in [-0.2, -0.15) is 0 Å². The summed E-state index contributed by atoms with van der Waals surface area (Å²) in [5.74, 6) is -0.569. The zero-order valence-corrected chi connectivity index (χ0v) is 7.36. The molecule has 0 amide bonds. The van der Waals surface area contributed by atoms with Gasteiger partial charge >= 0.3 is 5.97 Å². The minimum absolute atomic E-state index is 0.209. The molecule has 4 heteroatoms. The number of nitrogens with zero attached hydrogens (tertiary/aromatic N) is 1. The van der Waals surface area contributed by atoms with Crippen molar-refractivity contribution in [2.24, 2.45) is 17.6 Å². The predicted molar refractivity (Wildman–Crippen MR) is 45.8 cm³/mol. The lowest BCUT2D eigenvalue weighted by molar-refractivity contribution is -0.145. The maximum absolute atomic E-state index is 10.6. The molecule has 1 fully saturated rings. The van der Waals surface area contributed by atoms with Gasteiger partial charge in [0.2, 0.25) is 0 Å². The molecule has 1 unspecified atom stereocenters. The van der Waals surface area contributed by atoms with E-state index in [9.17, 15) is 4.79 Å². The van der Waals surface area contributed by atoms with Crippen LogP contribution in [0.5, 0.6) is 0 Å². The Balaban J connectivity index is 2.20. The van der Waals surface area contributed by atoms with Crippen LogP contribution < -0.4 is 5.73 Å². The zero-order valence-electron chi connectivity index (χ0n) is 7.36. The fourth-order valence-corrected chi connectivity index (χ4v) is 1.49. The summed E-state index contributed by atoms with van der Waals surface area (Å²) in [6.07, 6.45) is 0. The van der Waals surface area contributed by atoms with E-state index in [0.29, 0.717) is 12.5 Å². The van der Waals surface area contributed by atoms with Gasteiger partial charge in [-0.25, -0.2) is 0 Å². The molecule has 1 aliphatic heterocycles. The molecule has 0 bridgehead atoms. The molecule has 0 aliphatic carbocycles. The van der Waals surface area contributed by atoms with Crippen LogP contribution in [0.15, 0.2) is 0 Å². The van der Waals surface area contributed by atoms with E-state index in [1.165, 1.54) is 0 Å². The van der Waals surface area contributed by atoms with Crippen molar-refractivity contribution in [1.82, 2.24) is 4.90 Å². The zero-order chi connectivity index (χ0) is 9.14. The van der Waals surface area contributed by atoms with Crippen molar-refractivity contribution in [3.05, 3.63) is 0 Å². The van der Waals surface area contributed by atoms with E-state index in [4.69, 9.17) is 10.8 Å². The van der Waals surface area contributed by atoms with Gasteiger partial charge in [-0.3, -0.25) is 4.79 Å². The van der Waals surface area contributed by atoms with Gasteiger partial charge in [0.15, 0.2) is 0 Å². The minimum atomic E-state index is -0.688. The number of rotatable bonds is 4. The highest BCUT2D eigenvalue weighted by atomic mass is 16.4. The lowest BCUT2D eigenvalue weighted by Crippen LogP contribution is -2.52. The topological polar surface area (TPSA) is 66.6 Å². The number of aliphatic carboxylic acids is 1. The van der Waals surface area contributed by atoms with Crippen LogP contribution in [0.3, 0.4) is 0 Å². The number of hydrogen-bond acceptors (Lipinski definition) is 3. The quantitative estimate of drug-likeness (QED) is 0.605. The summed E-state index contributed by atoms with van der Waals surface area (Å²) in [6.45, 7) is 5.11. The Morgan fingerprint density at radius 1 is 1.75 bits per heavy atom. The van der Waals surface area contributed by atoms with Gasteiger partial charge in [0.1, 0.15) is 0 Å². The molecule has 12 heavy (non-hydrogen) atoms. The molecule has 1 atom stereocenters. The van der Waals surface area contributed by atoms with Crippen molar-refractivity contribution in [2.45, 2.75) is 6.92 Å². The van der Waals surface area contributed by atoms with E-state index in [2.05, 4.69) is 4.90 Å². The Morgan fingerprint density at radius 2 is 2.33 bits per heavy atom. The van der Waals surface area contributed by atoms with Crippen LogP contribution in [0, 0.1) is 11.8 Å². The Kier molecular flexibility index (Phi) is 3.05. The second kappa shape index (κ2) is 3.87. The number of carboxylic acids is 1. The Bertz CT molecular complexity index is 166. The van der Waals surface area contributed by atoms with E-state index in [0.717, 1.165) is 19.6 Å². The first-order chi connectivity index (χ1) is 5.65. The molecule has 1 heterocycles. The van der Waals surface area contributed by atoms with Crippen molar-refractivity contribution >= 4 is 5.97 Å². The van der Waals surface area contributed by atoms with Crippen LogP contribution in [0.2, 0.25) is 0 Å². The Morgan fingerprint density at radius 3 is 2.75 bits per heavy atom. The highest BCUT2D eigenvalue weighted by molar-refractivity contribution is 5.70. The van der Waals surface area contributed by atoms with Crippen molar-refractivity contribution < 1.29 is 9.90 Å². The molecule has 4 nitrogen and oxygen atoms in total. The van der Waals surface area contributed by atoms with Gasteiger partial charge in [0, 0.05) is 26.2 Å². The molecule has 1 aliphatic rings. The van der Waals surface area contributed by atoms with Crippen LogP contribution in [0.1, 0.15) is 6.92 Å². The number of likely N-dealkylation sites (tertiary alicyclic amines) is 1. The van der Waals surface area contributed by atoms with Crippen molar-refractivity contribution in [2.75, 3.05) is 26.2 Å². The van der Waals surface area contributed by atoms with E-state index < -0.39 is 5.97 Å². The van der Waals surface area contributed by atoms with Crippen LogP contribution in [0.25, 0.3) is 0 Å². The lowest BCUT2D eigenvalue weighted by atomic mass is 9.87. The Hall–Kier alpha value is -0.610. The number of nitrogens with two attached hydrogens (primary N) is 1. The van der Waals surface area contributed by atoms with Gasteiger partial charge in [0.25, 0.3) is 0 Å². The molecule has 1 rings (SSSR count).